The third-order valence-corrected chi connectivity index (χ3v) is 3.72. The Morgan fingerprint density at radius 3 is 2.57 bits per heavy atom. The van der Waals surface area contributed by atoms with Crippen LogP contribution in [0.3, 0.4) is 0 Å². The van der Waals surface area contributed by atoms with Crippen LogP contribution in [0, 0.1) is 5.92 Å². The molecule has 1 atom stereocenters. The van der Waals surface area contributed by atoms with Crippen LogP contribution in [0.2, 0.25) is 0 Å². The van der Waals surface area contributed by atoms with Crippen LogP contribution in [0.15, 0.2) is 18.2 Å². The predicted molar refractivity (Wildman–Crippen MR) is 90.7 cm³/mol. The van der Waals surface area contributed by atoms with E-state index in [1.54, 1.807) is 7.11 Å². The molecule has 0 bridgehead atoms. The van der Waals surface area contributed by atoms with Gasteiger partial charge in [-0.3, -0.25) is 4.79 Å². The maximum atomic E-state index is 11.9. The van der Waals surface area contributed by atoms with Crippen molar-refractivity contribution in [2.45, 2.75) is 52.7 Å². The van der Waals surface area contributed by atoms with E-state index >= 15 is 0 Å². The molecule has 0 saturated carbocycles. The molecule has 23 heavy (non-hydrogen) atoms. The number of carbonyl (C=O) groups is 1. The molecule has 4 nitrogen and oxygen atoms in total. The van der Waals surface area contributed by atoms with Gasteiger partial charge < -0.3 is 14.2 Å². The first kappa shape index (κ1) is 17.4. The summed E-state index contributed by atoms with van der Waals surface area (Å²) >= 11 is 0. The quantitative estimate of drug-likeness (QED) is 0.748. The van der Waals surface area contributed by atoms with Crippen molar-refractivity contribution in [3.05, 3.63) is 29.3 Å². The molecule has 0 radical (unpaired) electrons. The van der Waals surface area contributed by atoms with E-state index in [1.165, 1.54) is 0 Å². The second kappa shape index (κ2) is 6.65. The number of hydrogen-bond acceptors (Lipinski definition) is 4. The van der Waals surface area contributed by atoms with Crippen LogP contribution in [0.5, 0.6) is 11.5 Å². The van der Waals surface area contributed by atoms with E-state index < -0.39 is 0 Å². The average molecular weight is 318 g/mol. The van der Waals surface area contributed by atoms with Gasteiger partial charge in [0, 0.05) is 23.6 Å². The molecule has 4 heteroatoms. The number of hydrogen-bond donors (Lipinski definition) is 0. The normalized spacial score (nSPS) is 16.5. The highest BCUT2D eigenvalue weighted by atomic mass is 16.5. The predicted octanol–water partition coefficient (Wildman–Crippen LogP) is 4.53. The van der Waals surface area contributed by atoms with E-state index in [0.717, 1.165) is 16.9 Å². The highest BCUT2D eigenvalue weighted by molar-refractivity contribution is 5.70. The first-order chi connectivity index (χ1) is 10.7. The van der Waals surface area contributed by atoms with Crippen molar-refractivity contribution in [3.63, 3.8) is 0 Å². The van der Waals surface area contributed by atoms with Crippen molar-refractivity contribution in [3.8, 4) is 11.5 Å². The molecule has 0 aromatic heterocycles. The van der Waals surface area contributed by atoms with Crippen molar-refractivity contribution in [2.24, 2.45) is 5.92 Å². The van der Waals surface area contributed by atoms with Crippen molar-refractivity contribution < 1.29 is 19.0 Å². The summed E-state index contributed by atoms with van der Waals surface area (Å²) in [7, 11) is 1.61. The Hall–Kier alpha value is -1.97. The van der Waals surface area contributed by atoms with Gasteiger partial charge in [-0.1, -0.05) is 19.9 Å². The van der Waals surface area contributed by atoms with Crippen LogP contribution in [0.1, 0.15) is 58.3 Å². The summed E-state index contributed by atoms with van der Waals surface area (Å²) in [5, 5.41) is 0. The topological polar surface area (TPSA) is 44.8 Å². The highest BCUT2D eigenvalue weighted by Crippen LogP contribution is 2.39. The summed E-state index contributed by atoms with van der Waals surface area (Å²) in [5.41, 5.74) is 1.47. The number of fused-ring (bicyclic) bond motifs is 1. The third kappa shape index (κ3) is 4.27. The van der Waals surface area contributed by atoms with Gasteiger partial charge in [-0.25, -0.2) is 0 Å². The lowest BCUT2D eigenvalue weighted by Crippen LogP contribution is -2.27. The minimum Gasteiger partial charge on any atom is -0.496 e. The lowest BCUT2D eigenvalue weighted by Gasteiger charge is -2.29. The molecule has 1 aromatic carbocycles. The van der Waals surface area contributed by atoms with Gasteiger partial charge in [0.1, 0.15) is 23.2 Å². The fourth-order valence-electron chi connectivity index (χ4n) is 2.56. The molecule has 126 valence electrons. The molecular formula is C19H26O4. The highest BCUT2D eigenvalue weighted by Gasteiger charge is 2.25. The lowest BCUT2D eigenvalue weighted by molar-refractivity contribution is -0.149. The molecule has 0 amide bonds. The Balaban J connectivity index is 2.27. The second-order valence-electron chi connectivity index (χ2n) is 6.90. The number of ether oxygens (including phenoxy) is 3. The van der Waals surface area contributed by atoms with Crippen molar-refractivity contribution >= 4 is 12.0 Å². The number of benzene rings is 1. The van der Waals surface area contributed by atoms with E-state index in [4.69, 9.17) is 14.2 Å². The van der Waals surface area contributed by atoms with Gasteiger partial charge in [0.25, 0.3) is 0 Å². The molecule has 0 spiro atoms. The third-order valence-electron chi connectivity index (χ3n) is 3.72. The van der Waals surface area contributed by atoms with Crippen LogP contribution in [0.25, 0.3) is 6.08 Å². The minimum absolute atomic E-state index is 0.194. The largest absolute Gasteiger partial charge is 0.496 e. The Morgan fingerprint density at radius 2 is 1.96 bits per heavy atom. The van der Waals surface area contributed by atoms with E-state index in [-0.39, 0.29) is 23.6 Å². The molecule has 1 aliphatic rings. The summed E-state index contributed by atoms with van der Waals surface area (Å²) < 4.78 is 17.0. The van der Waals surface area contributed by atoms with Crippen LogP contribution >= 0.6 is 0 Å². The van der Waals surface area contributed by atoms with Crippen molar-refractivity contribution in [1.29, 1.82) is 0 Å². The zero-order chi connectivity index (χ0) is 17.2. The maximum absolute atomic E-state index is 11.9. The average Bonchev–Trinajstić information content (AvgIpc) is 2.43. The molecule has 1 heterocycles. The van der Waals surface area contributed by atoms with Gasteiger partial charge in [-0.15, -0.1) is 0 Å². The van der Waals surface area contributed by atoms with Crippen LogP contribution in [-0.4, -0.2) is 18.7 Å². The molecule has 0 fully saturated rings. The molecule has 0 N–H and O–H groups in total. The van der Waals surface area contributed by atoms with Crippen LogP contribution < -0.4 is 9.47 Å². The molecule has 1 aromatic rings. The van der Waals surface area contributed by atoms with E-state index in [1.807, 2.05) is 58.9 Å². The zero-order valence-corrected chi connectivity index (χ0v) is 14.8. The van der Waals surface area contributed by atoms with Gasteiger partial charge in [0.2, 0.25) is 0 Å². The van der Waals surface area contributed by atoms with Crippen molar-refractivity contribution in [1.82, 2.24) is 0 Å². The Labute approximate surface area is 138 Å². The Morgan fingerprint density at radius 1 is 1.26 bits per heavy atom. The molecule has 2 rings (SSSR count). The molecular weight excluding hydrogens is 292 g/mol. The first-order valence-corrected chi connectivity index (χ1v) is 8.01. The zero-order valence-electron chi connectivity index (χ0n) is 14.8. The summed E-state index contributed by atoms with van der Waals surface area (Å²) in [4.78, 5) is 11.9. The fourth-order valence-corrected chi connectivity index (χ4v) is 2.56. The van der Waals surface area contributed by atoms with Crippen molar-refractivity contribution in [2.75, 3.05) is 7.11 Å². The summed E-state index contributed by atoms with van der Waals surface area (Å²) in [6.45, 7) is 9.86. The lowest BCUT2D eigenvalue weighted by atomic mass is 9.98. The van der Waals surface area contributed by atoms with Gasteiger partial charge >= 0.3 is 5.97 Å². The summed E-state index contributed by atoms with van der Waals surface area (Å²) in [6.07, 6.45) is 4.09. The molecule has 0 saturated heterocycles. The summed E-state index contributed by atoms with van der Waals surface area (Å²) in [6, 6.07) is 3.83. The van der Waals surface area contributed by atoms with Gasteiger partial charge in [0.05, 0.1) is 7.11 Å². The first-order valence-electron chi connectivity index (χ1n) is 8.01. The summed E-state index contributed by atoms with van der Waals surface area (Å²) in [5.74, 6) is 1.53. The smallest absolute Gasteiger partial charge is 0.306 e. The number of carbonyl (C=O) groups excluding carboxylic acids is 1. The molecule has 1 aliphatic heterocycles. The van der Waals surface area contributed by atoms with Gasteiger partial charge in [0.15, 0.2) is 0 Å². The van der Waals surface area contributed by atoms with E-state index in [2.05, 4.69) is 0 Å². The Kier molecular flexibility index (Phi) is 5.03. The molecule has 1 unspecified atom stereocenters. The van der Waals surface area contributed by atoms with E-state index in [0.29, 0.717) is 12.2 Å². The standard InChI is InChI=1S/C19H26O4/c1-12(2)9-18(20)22-13(3)15-10-14-7-8-19(4,5)23-16(14)11-17(15)21-6/h7-8,10-13H,9H2,1-6H3. The fraction of sp³-hybridized carbons (Fsp3) is 0.526. The van der Waals surface area contributed by atoms with Gasteiger partial charge in [-0.2, -0.15) is 0 Å². The van der Waals surface area contributed by atoms with E-state index in [9.17, 15) is 4.79 Å². The van der Waals surface area contributed by atoms with Gasteiger partial charge in [-0.05, 0) is 38.8 Å². The number of esters is 1. The SMILES string of the molecule is COc1cc2c(cc1C(C)OC(=O)CC(C)C)C=CC(C)(C)O2. The maximum Gasteiger partial charge on any atom is 0.306 e. The monoisotopic (exact) mass is 318 g/mol. The van der Waals surface area contributed by atoms with Crippen LogP contribution in [-0.2, 0) is 9.53 Å². The second-order valence-corrected chi connectivity index (χ2v) is 6.90. The number of methoxy groups -OCH3 is 1. The Bertz CT molecular complexity index is 614. The minimum atomic E-state index is -0.371. The van der Waals surface area contributed by atoms with Crippen LogP contribution in [0.4, 0.5) is 0 Å². The molecule has 0 aliphatic carbocycles. The number of rotatable bonds is 5.